The first kappa shape index (κ1) is 13.0. The molecule has 0 radical (unpaired) electrons. The molecule has 92 valence electrons. The van der Waals surface area contributed by atoms with Crippen LogP contribution in [-0.2, 0) is 0 Å². The SMILES string of the molecule is Cc1ccc(C(=O)c2ccc(F)c(Br)c2)c(C)c1. The quantitative estimate of drug-likeness (QED) is 0.750. The first-order valence-electron chi connectivity index (χ1n) is 5.56. The summed E-state index contributed by atoms with van der Waals surface area (Å²) < 4.78 is 13.4. The van der Waals surface area contributed by atoms with Gasteiger partial charge in [0.25, 0.3) is 0 Å². The second-order valence-electron chi connectivity index (χ2n) is 4.28. The fourth-order valence-corrected chi connectivity index (χ4v) is 2.24. The third-order valence-corrected chi connectivity index (χ3v) is 3.42. The molecule has 0 aromatic heterocycles. The van der Waals surface area contributed by atoms with Crippen LogP contribution in [0.2, 0.25) is 0 Å². The normalized spacial score (nSPS) is 10.4. The van der Waals surface area contributed by atoms with Crippen LogP contribution in [0.1, 0.15) is 27.0 Å². The number of carbonyl (C=O) groups is 1. The van der Waals surface area contributed by atoms with Crippen molar-refractivity contribution >= 4 is 21.7 Å². The minimum atomic E-state index is -0.368. The lowest BCUT2D eigenvalue weighted by molar-refractivity contribution is 0.103. The molecule has 0 aliphatic carbocycles. The molecule has 0 fully saturated rings. The fraction of sp³-hybridized carbons (Fsp3) is 0.133. The summed E-state index contributed by atoms with van der Waals surface area (Å²) in [4.78, 5) is 12.3. The van der Waals surface area contributed by atoms with E-state index in [1.165, 1.54) is 18.2 Å². The Morgan fingerprint density at radius 1 is 1.11 bits per heavy atom. The van der Waals surface area contributed by atoms with E-state index >= 15 is 0 Å². The van der Waals surface area contributed by atoms with E-state index in [0.29, 0.717) is 15.6 Å². The van der Waals surface area contributed by atoms with Crippen LogP contribution in [0.15, 0.2) is 40.9 Å². The molecule has 0 saturated heterocycles. The molecule has 2 aromatic carbocycles. The summed E-state index contributed by atoms with van der Waals surface area (Å²) in [5.41, 5.74) is 3.18. The highest BCUT2D eigenvalue weighted by molar-refractivity contribution is 9.10. The maximum absolute atomic E-state index is 13.1. The number of halogens is 2. The maximum Gasteiger partial charge on any atom is 0.193 e. The molecule has 0 aliphatic heterocycles. The largest absolute Gasteiger partial charge is 0.289 e. The number of hydrogen-bond donors (Lipinski definition) is 0. The third-order valence-electron chi connectivity index (χ3n) is 2.81. The van der Waals surface area contributed by atoms with Crippen LogP contribution in [0, 0.1) is 19.7 Å². The summed E-state index contributed by atoms with van der Waals surface area (Å²) in [5, 5.41) is 0. The van der Waals surface area contributed by atoms with Crippen LogP contribution in [0.4, 0.5) is 4.39 Å². The number of carbonyl (C=O) groups excluding carboxylic acids is 1. The Morgan fingerprint density at radius 3 is 2.44 bits per heavy atom. The van der Waals surface area contributed by atoms with E-state index in [1.54, 1.807) is 0 Å². The second kappa shape index (κ2) is 5.02. The van der Waals surface area contributed by atoms with E-state index in [2.05, 4.69) is 15.9 Å². The predicted octanol–water partition coefficient (Wildman–Crippen LogP) is 4.44. The van der Waals surface area contributed by atoms with E-state index in [-0.39, 0.29) is 11.6 Å². The average Bonchev–Trinajstić information content (AvgIpc) is 2.32. The first-order chi connectivity index (χ1) is 8.49. The van der Waals surface area contributed by atoms with E-state index in [0.717, 1.165) is 11.1 Å². The lowest BCUT2D eigenvalue weighted by Gasteiger charge is -2.06. The van der Waals surface area contributed by atoms with E-state index in [1.807, 2.05) is 32.0 Å². The molecule has 0 unspecified atom stereocenters. The molecule has 0 N–H and O–H groups in total. The Labute approximate surface area is 114 Å². The lowest BCUT2D eigenvalue weighted by atomic mass is 9.98. The molecule has 3 heteroatoms. The summed E-state index contributed by atoms with van der Waals surface area (Å²) in [6.07, 6.45) is 0. The number of benzene rings is 2. The Kier molecular flexibility index (Phi) is 3.62. The predicted molar refractivity (Wildman–Crippen MR) is 73.4 cm³/mol. The topological polar surface area (TPSA) is 17.1 Å². The zero-order valence-corrected chi connectivity index (χ0v) is 11.7. The van der Waals surface area contributed by atoms with Gasteiger partial charge in [-0.25, -0.2) is 4.39 Å². The molecule has 0 aliphatic rings. The van der Waals surface area contributed by atoms with Gasteiger partial charge in [0.15, 0.2) is 5.78 Å². The number of aryl methyl sites for hydroxylation is 2. The van der Waals surface area contributed by atoms with Crippen molar-refractivity contribution in [2.24, 2.45) is 0 Å². The minimum absolute atomic E-state index is 0.0896. The zero-order chi connectivity index (χ0) is 13.3. The Balaban J connectivity index is 2.44. The van der Waals surface area contributed by atoms with Crippen LogP contribution < -0.4 is 0 Å². The van der Waals surface area contributed by atoms with Gasteiger partial charge in [-0.15, -0.1) is 0 Å². The zero-order valence-electron chi connectivity index (χ0n) is 10.1. The van der Waals surface area contributed by atoms with Crippen LogP contribution in [0.3, 0.4) is 0 Å². The highest BCUT2D eigenvalue weighted by Gasteiger charge is 2.13. The van der Waals surface area contributed by atoms with Crippen LogP contribution >= 0.6 is 15.9 Å². The average molecular weight is 307 g/mol. The molecule has 0 heterocycles. The third kappa shape index (κ3) is 2.51. The fourth-order valence-electron chi connectivity index (χ4n) is 1.86. The van der Waals surface area contributed by atoms with Crippen LogP contribution in [0.25, 0.3) is 0 Å². The van der Waals surface area contributed by atoms with Crippen molar-refractivity contribution in [3.8, 4) is 0 Å². The van der Waals surface area contributed by atoms with Gasteiger partial charge in [-0.1, -0.05) is 23.8 Å². The molecule has 0 saturated carbocycles. The van der Waals surface area contributed by atoms with Crippen molar-refractivity contribution in [2.45, 2.75) is 13.8 Å². The molecule has 0 bridgehead atoms. The van der Waals surface area contributed by atoms with Gasteiger partial charge in [0.1, 0.15) is 5.82 Å². The van der Waals surface area contributed by atoms with Crippen molar-refractivity contribution in [2.75, 3.05) is 0 Å². The first-order valence-corrected chi connectivity index (χ1v) is 6.35. The minimum Gasteiger partial charge on any atom is -0.289 e. The van der Waals surface area contributed by atoms with Crippen LogP contribution in [0.5, 0.6) is 0 Å². The summed E-state index contributed by atoms with van der Waals surface area (Å²) in [5.74, 6) is -0.458. The molecule has 2 rings (SSSR count). The smallest absolute Gasteiger partial charge is 0.193 e. The van der Waals surface area contributed by atoms with Gasteiger partial charge in [-0.05, 0) is 53.5 Å². The lowest BCUT2D eigenvalue weighted by Crippen LogP contribution is -2.04. The van der Waals surface area contributed by atoms with Gasteiger partial charge in [0.2, 0.25) is 0 Å². The molecular weight excluding hydrogens is 295 g/mol. The molecule has 18 heavy (non-hydrogen) atoms. The van der Waals surface area contributed by atoms with Crippen molar-refractivity contribution in [1.29, 1.82) is 0 Å². The van der Waals surface area contributed by atoms with Gasteiger partial charge in [-0.2, -0.15) is 0 Å². The number of hydrogen-bond acceptors (Lipinski definition) is 1. The Morgan fingerprint density at radius 2 is 1.83 bits per heavy atom. The Bertz CT molecular complexity index is 620. The summed E-state index contributed by atoms with van der Waals surface area (Å²) >= 11 is 3.09. The Hall–Kier alpha value is -1.48. The molecule has 0 atom stereocenters. The van der Waals surface area contributed by atoms with Crippen molar-refractivity contribution < 1.29 is 9.18 Å². The molecule has 1 nitrogen and oxygen atoms in total. The van der Waals surface area contributed by atoms with Gasteiger partial charge in [-0.3, -0.25) is 4.79 Å². The molecule has 0 spiro atoms. The van der Waals surface area contributed by atoms with Crippen molar-refractivity contribution in [3.63, 3.8) is 0 Å². The second-order valence-corrected chi connectivity index (χ2v) is 5.13. The van der Waals surface area contributed by atoms with E-state index in [9.17, 15) is 9.18 Å². The maximum atomic E-state index is 13.1. The van der Waals surface area contributed by atoms with Crippen molar-refractivity contribution in [1.82, 2.24) is 0 Å². The number of rotatable bonds is 2. The highest BCUT2D eigenvalue weighted by Crippen LogP contribution is 2.21. The number of ketones is 1. The standard InChI is InChI=1S/C15H12BrFO/c1-9-3-5-12(10(2)7-9)15(18)11-4-6-14(17)13(16)8-11/h3-8H,1-2H3. The molecular formula is C15H12BrFO. The monoisotopic (exact) mass is 306 g/mol. The summed E-state index contributed by atoms with van der Waals surface area (Å²) in [7, 11) is 0. The molecule has 2 aromatic rings. The van der Waals surface area contributed by atoms with Crippen LogP contribution in [-0.4, -0.2) is 5.78 Å². The highest BCUT2D eigenvalue weighted by atomic mass is 79.9. The summed E-state index contributed by atoms with van der Waals surface area (Å²) in [6, 6.07) is 9.98. The van der Waals surface area contributed by atoms with Gasteiger partial charge in [0.05, 0.1) is 4.47 Å². The van der Waals surface area contributed by atoms with Gasteiger partial charge < -0.3 is 0 Å². The molecule has 0 amide bonds. The van der Waals surface area contributed by atoms with Gasteiger partial charge >= 0.3 is 0 Å². The summed E-state index contributed by atoms with van der Waals surface area (Å²) in [6.45, 7) is 3.88. The van der Waals surface area contributed by atoms with E-state index in [4.69, 9.17) is 0 Å². The van der Waals surface area contributed by atoms with Crippen molar-refractivity contribution in [3.05, 3.63) is 68.9 Å². The van der Waals surface area contributed by atoms with Gasteiger partial charge in [0, 0.05) is 11.1 Å². The van der Waals surface area contributed by atoms with E-state index < -0.39 is 0 Å².